The van der Waals surface area contributed by atoms with Crippen LogP contribution in [0.5, 0.6) is 0 Å². The highest BCUT2D eigenvalue weighted by Gasteiger charge is 2.13. The van der Waals surface area contributed by atoms with Gasteiger partial charge < -0.3 is 5.11 Å². The van der Waals surface area contributed by atoms with Gasteiger partial charge in [-0.3, -0.25) is 9.97 Å². The van der Waals surface area contributed by atoms with Crippen LogP contribution in [-0.4, -0.2) is 15.1 Å². The van der Waals surface area contributed by atoms with Gasteiger partial charge in [-0.25, -0.2) is 0 Å². The van der Waals surface area contributed by atoms with Crippen molar-refractivity contribution in [2.24, 2.45) is 0 Å². The molecule has 1 atom stereocenters. The maximum Gasteiger partial charge on any atom is 0.0944 e. The number of hydrogen-bond acceptors (Lipinski definition) is 3. The number of aromatic nitrogens is 2. The summed E-state index contributed by atoms with van der Waals surface area (Å²) in [6.45, 7) is 4.18. The zero-order valence-corrected chi connectivity index (χ0v) is 12.2. The van der Waals surface area contributed by atoms with Crippen molar-refractivity contribution in [1.82, 2.24) is 9.97 Å². The third-order valence-electron chi connectivity index (χ3n) is 3.89. The fraction of sp³-hybridized carbons (Fsp3) is 0.222. The summed E-state index contributed by atoms with van der Waals surface area (Å²) >= 11 is 0. The molecule has 106 valence electrons. The maximum atomic E-state index is 10.6. The Morgan fingerprint density at radius 2 is 1.81 bits per heavy atom. The summed E-state index contributed by atoms with van der Waals surface area (Å²) in [7, 11) is 0. The Morgan fingerprint density at radius 1 is 1.00 bits per heavy atom. The van der Waals surface area contributed by atoms with Crippen LogP contribution < -0.4 is 0 Å². The minimum atomic E-state index is -0.576. The van der Waals surface area contributed by atoms with Crippen molar-refractivity contribution in [3.8, 4) is 0 Å². The number of benzene rings is 2. The first-order chi connectivity index (χ1) is 10.1. The molecule has 0 radical (unpaired) electrons. The average Bonchev–Trinajstić information content (AvgIpc) is 2.50. The van der Waals surface area contributed by atoms with Crippen LogP contribution in [0.1, 0.15) is 28.4 Å². The number of rotatable bonds is 3. The summed E-state index contributed by atoms with van der Waals surface area (Å²) in [4.78, 5) is 8.64. The predicted octanol–water partition coefficient (Wildman–Crippen LogP) is 3.52. The molecule has 2 aromatic carbocycles. The molecule has 1 N–H and O–H groups in total. The summed E-state index contributed by atoms with van der Waals surface area (Å²) < 4.78 is 0. The zero-order valence-electron chi connectivity index (χ0n) is 12.2. The lowest BCUT2D eigenvalue weighted by Gasteiger charge is -2.13. The molecule has 0 spiro atoms. The van der Waals surface area contributed by atoms with Crippen LogP contribution in [0.25, 0.3) is 11.0 Å². The molecular formula is C18H18N2O. The van der Waals surface area contributed by atoms with Gasteiger partial charge in [-0.05, 0) is 36.6 Å². The SMILES string of the molecule is Cc1ccc(CC(O)c2cccc3nccnc23)cc1C. The number of para-hydroxylation sites is 1. The lowest BCUT2D eigenvalue weighted by molar-refractivity contribution is 0.180. The Labute approximate surface area is 124 Å². The summed E-state index contributed by atoms with van der Waals surface area (Å²) in [5.41, 5.74) is 6.07. The second-order valence-electron chi connectivity index (χ2n) is 5.41. The minimum Gasteiger partial charge on any atom is -0.388 e. The first-order valence-corrected chi connectivity index (χ1v) is 7.09. The minimum absolute atomic E-state index is 0.576. The second kappa shape index (κ2) is 5.62. The third-order valence-corrected chi connectivity index (χ3v) is 3.89. The van der Waals surface area contributed by atoms with Gasteiger partial charge in [-0.15, -0.1) is 0 Å². The molecule has 3 rings (SSSR count). The molecule has 3 nitrogen and oxygen atoms in total. The van der Waals surface area contributed by atoms with Crippen molar-refractivity contribution >= 4 is 11.0 Å². The summed E-state index contributed by atoms with van der Waals surface area (Å²) in [6, 6.07) is 12.0. The van der Waals surface area contributed by atoms with E-state index in [-0.39, 0.29) is 0 Å². The quantitative estimate of drug-likeness (QED) is 0.797. The smallest absolute Gasteiger partial charge is 0.0944 e. The maximum absolute atomic E-state index is 10.6. The molecule has 3 heteroatoms. The summed E-state index contributed by atoms with van der Waals surface area (Å²) in [6.07, 6.45) is 3.33. The Bertz CT molecular complexity index is 778. The van der Waals surface area contributed by atoms with Crippen LogP contribution >= 0.6 is 0 Å². The highest BCUT2D eigenvalue weighted by Crippen LogP contribution is 2.24. The molecule has 1 heterocycles. The monoisotopic (exact) mass is 278 g/mol. The van der Waals surface area contributed by atoms with Crippen molar-refractivity contribution in [1.29, 1.82) is 0 Å². The largest absolute Gasteiger partial charge is 0.388 e. The first-order valence-electron chi connectivity index (χ1n) is 7.09. The van der Waals surface area contributed by atoms with Crippen molar-refractivity contribution in [2.75, 3.05) is 0 Å². The standard InChI is InChI=1S/C18H18N2O/c1-12-6-7-14(10-13(12)2)11-17(21)15-4-3-5-16-18(15)20-9-8-19-16/h3-10,17,21H,11H2,1-2H3. The molecule has 1 unspecified atom stereocenters. The number of fused-ring (bicyclic) bond motifs is 1. The fourth-order valence-corrected chi connectivity index (χ4v) is 2.55. The van der Waals surface area contributed by atoms with E-state index in [2.05, 4.69) is 42.0 Å². The van der Waals surface area contributed by atoms with Crippen LogP contribution in [0.2, 0.25) is 0 Å². The van der Waals surface area contributed by atoms with Crippen molar-refractivity contribution < 1.29 is 5.11 Å². The molecule has 3 aromatic rings. The van der Waals surface area contributed by atoms with E-state index in [0.29, 0.717) is 6.42 Å². The van der Waals surface area contributed by atoms with Gasteiger partial charge in [0.05, 0.1) is 17.1 Å². The third kappa shape index (κ3) is 2.78. The normalized spacial score (nSPS) is 12.5. The first kappa shape index (κ1) is 13.7. The number of aliphatic hydroxyl groups excluding tert-OH is 1. The molecule has 21 heavy (non-hydrogen) atoms. The van der Waals surface area contributed by atoms with Crippen LogP contribution in [0.15, 0.2) is 48.8 Å². The molecule has 0 saturated carbocycles. The number of hydrogen-bond donors (Lipinski definition) is 1. The van der Waals surface area contributed by atoms with E-state index >= 15 is 0 Å². The van der Waals surface area contributed by atoms with Crippen LogP contribution in [0.3, 0.4) is 0 Å². The summed E-state index contributed by atoms with van der Waals surface area (Å²) in [5, 5.41) is 10.6. The van der Waals surface area contributed by atoms with Crippen LogP contribution in [-0.2, 0) is 6.42 Å². The van der Waals surface area contributed by atoms with Crippen molar-refractivity contribution in [2.45, 2.75) is 26.4 Å². The molecular weight excluding hydrogens is 260 g/mol. The van der Waals surface area contributed by atoms with Gasteiger partial charge in [0, 0.05) is 24.4 Å². The van der Waals surface area contributed by atoms with E-state index in [4.69, 9.17) is 0 Å². The molecule has 0 saturated heterocycles. The Kier molecular flexibility index (Phi) is 3.67. The molecule has 0 aliphatic rings. The number of aliphatic hydroxyl groups is 1. The summed E-state index contributed by atoms with van der Waals surface area (Å²) in [5.74, 6) is 0. The van der Waals surface area contributed by atoms with E-state index in [1.807, 2.05) is 18.2 Å². The van der Waals surface area contributed by atoms with Gasteiger partial charge in [0.1, 0.15) is 0 Å². The zero-order chi connectivity index (χ0) is 14.8. The van der Waals surface area contributed by atoms with Crippen LogP contribution in [0, 0.1) is 13.8 Å². The van der Waals surface area contributed by atoms with Crippen molar-refractivity contribution in [3.05, 3.63) is 71.0 Å². The average molecular weight is 278 g/mol. The Balaban J connectivity index is 1.93. The molecule has 0 aliphatic carbocycles. The Hall–Kier alpha value is -2.26. The molecule has 0 aliphatic heterocycles. The van der Waals surface area contributed by atoms with Crippen molar-refractivity contribution in [3.63, 3.8) is 0 Å². The number of nitrogens with zero attached hydrogens (tertiary/aromatic N) is 2. The molecule has 1 aromatic heterocycles. The van der Waals surface area contributed by atoms with E-state index in [1.54, 1.807) is 12.4 Å². The molecule has 0 fully saturated rings. The van der Waals surface area contributed by atoms with Gasteiger partial charge >= 0.3 is 0 Å². The molecule has 0 amide bonds. The topological polar surface area (TPSA) is 46.0 Å². The van der Waals surface area contributed by atoms with E-state index in [1.165, 1.54) is 11.1 Å². The van der Waals surface area contributed by atoms with E-state index < -0.39 is 6.10 Å². The second-order valence-corrected chi connectivity index (χ2v) is 5.41. The fourth-order valence-electron chi connectivity index (χ4n) is 2.55. The van der Waals surface area contributed by atoms with Gasteiger partial charge in [0.25, 0.3) is 0 Å². The lowest BCUT2D eigenvalue weighted by atomic mass is 9.97. The predicted molar refractivity (Wildman–Crippen MR) is 84.1 cm³/mol. The van der Waals surface area contributed by atoms with Gasteiger partial charge in [0.2, 0.25) is 0 Å². The highest BCUT2D eigenvalue weighted by atomic mass is 16.3. The Morgan fingerprint density at radius 3 is 2.62 bits per heavy atom. The van der Waals surface area contributed by atoms with E-state index in [9.17, 15) is 5.11 Å². The van der Waals surface area contributed by atoms with E-state index in [0.717, 1.165) is 22.2 Å². The number of aryl methyl sites for hydroxylation is 2. The highest BCUT2D eigenvalue weighted by molar-refractivity contribution is 5.77. The van der Waals surface area contributed by atoms with Crippen LogP contribution in [0.4, 0.5) is 0 Å². The van der Waals surface area contributed by atoms with Gasteiger partial charge in [-0.2, -0.15) is 0 Å². The van der Waals surface area contributed by atoms with Gasteiger partial charge in [-0.1, -0.05) is 30.3 Å². The molecule has 0 bridgehead atoms. The lowest BCUT2D eigenvalue weighted by Crippen LogP contribution is -2.04. The van der Waals surface area contributed by atoms with Gasteiger partial charge in [0.15, 0.2) is 0 Å².